The van der Waals surface area contributed by atoms with Crippen molar-refractivity contribution in [3.63, 3.8) is 0 Å². The van der Waals surface area contributed by atoms with Crippen LogP contribution in [0, 0.1) is 0 Å². The molecule has 1 atom stereocenters. The van der Waals surface area contributed by atoms with Gasteiger partial charge in [-0.1, -0.05) is 0 Å². The highest BCUT2D eigenvalue weighted by molar-refractivity contribution is 5.69. The maximum Gasteiger partial charge on any atom is 0.410 e. The van der Waals surface area contributed by atoms with Gasteiger partial charge >= 0.3 is 6.09 Å². The molecule has 0 aromatic rings. The minimum atomic E-state index is -0.238. The van der Waals surface area contributed by atoms with Gasteiger partial charge in [-0.05, 0) is 6.92 Å². The Balaban J connectivity index is 2.46. The monoisotopic (exact) mass is 144 g/mol. The van der Waals surface area contributed by atoms with Gasteiger partial charge in [0.1, 0.15) is 6.61 Å². The normalized spacial score (nSPS) is 25.2. The van der Waals surface area contributed by atoms with Crippen molar-refractivity contribution < 1.29 is 9.53 Å². The summed E-state index contributed by atoms with van der Waals surface area (Å²) in [6.07, 6.45) is -0.238. The van der Waals surface area contributed by atoms with Crippen LogP contribution in [0.15, 0.2) is 0 Å². The number of nitrogens with two attached hydrogens (primary N) is 1. The lowest BCUT2D eigenvalue weighted by Crippen LogP contribution is -2.35. The van der Waals surface area contributed by atoms with E-state index in [-0.39, 0.29) is 12.1 Å². The van der Waals surface area contributed by atoms with Gasteiger partial charge in [-0.2, -0.15) is 0 Å². The van der Waals surface area contributed by atoms with Crippen molar-refractivity contribution in [1.82, 2.24) is 4.90 Å². The predicted molar refractivity (Wildman–Crippen MR) is 36.6 cm³/mol. The van der Waals surface area contributed by atoms with Gasteiger partial charge in [-0.15, -0.1) is 0 Å². The van der Waals surface area contributed by atoms with E-state index in [1.807, 2.05) is 6.92 Å². The highest BCUT2D eigenvalue weighted by Gasteiger charge is 2.28. The van der Waals surface area contributed by atoms with E-state index in [4.69, 9.17) is 10.5 Å². The molecule has 10 heavy (non-hydrogen) atoms. The van der Waals surface area contributed by atoms with Crippen molar-refractivity contribution in [3.05, 3.63) is 0 Å². The third-order valence-corrected chi connectivity index (χ3v) is 1.58. The van der Waals surface area contributed by atoms with Gasteiger partial charge in [0.15, 0.2) is 0 Å². The Bertz CT molecular complexity index is 138. The fourth-order valence-corrected chi connectivity index (χ4v) is 0.995. The molecule has 1 heterocycles. The zero-order chi connectivity index (χ0) is 7.56. The first kappa shape index (κ1) is 7.34. The molecule has 2 N–H and O–H groups in total. The van der Waals surface area contributed by atoms with E-state index >= 15 is 0 Å². The van der Waals surface area contributed by atoms with Crippen LogP contribution in [0.3, 0.4) is 0 Å². The second kappa shape index (κ2) is 2.88. The molecule has 0 aromatic heterocycles. The summed E-state index contributed by atoms with van der Waals surface area (Å²) in [4.78, 5) is 12.5. The number of carbonyl (C=O) groups is 1. The number of rotatable bonds is 2. The summed E-state index contributed by atoms with van der Waals surface area (Å²) in [6, 6.07) is 0.191. The minimum absolute atomic E-state index is 0.191. The summed E-state index contributed by atoms with van der Waals surface area (Å²) in [5.74, 6) is 0. The maximum atomic E-state index is 10.8. The molecular formula is C6H12N2O2. The van der Waals surface area contributed by atoms with Crippen LogP contribution in [0.1, 0.15) is 6.92 Å². The molecular weight excluding hydrogens is 132 g/mol. The Kier molecular flexibility index (Phi) is 2.11. The molecule has 1 amide bonds. The number of hydrogen-bond donors (Lipinski definition) is 1. The fraction of sp³-hybridized carbons (Fsp3) is 0.833. The van der Waals surface area contributed by atoms with E-state index in [9.17, 15) is 4.79 Å². The van der Waals surface area contributed by atoms with Crippen molar-refractivity contribution >= 4 is 6.09 Å². The number of ether oxygens (including phenoxy) is 1. The maximum absolute atomic E-state index is 10.8. The van der Waals surface area contributed by atoms with E-state index in [0.717, 1.165) is 0 Å². The zero-order valence-corrected chi connectivity index (χ0v) is 6.04. The summed E-state index contributed by atoms with van der Waals surface area (Å²) in [5.41, 5.74) is 5.28. The van der Waals surface area contributed by atoms with Gasteiger partial charge in [0.2, 0.25) is 0 Å². The molecule has 0 spiro atoms. The summed E-state index contributed by atoms with van der Waals surface area (Å²) < 4.78 is 4.76. The molecule has 1 aliphatic heterocycles. The lowest BCUT2D eigenvalue weighted by molar-refractivity contribution is 0.158. The highest BCUT2D eigenvalue weighted by Crippen LogP contribution is 2.09. The molecule has 0 bridgehead atoms. The zero-order valence-electron chi connectivity index (χ0n) is 6.04. The van der Waals surface area contributed by atoms with Crippen molar-refractivity contribution in [3.8, 4) is 0 Å². The lowest BCUT2D eigenvalue weighted by atomic mass is 10.3. The molecule has 1 saturated heterocycles. The number of hydrogen-bond acceptors (Lipinski definition) is 3. The molecule has 1 aliphatic rings. The van der Waals surface area contributed by atoms with E-state index in [2.05, 4.69) is 0 Å². The quantitative estimate of drug-likeness (QED) is 0.583. The van der Waals surface area contributed by atoms with Gasteiger partial charge in [0.05, 0.1) is 6.04 Å². The van der Waals surface area contributed by atoms with Crippen LogP contribution >= 0.6 is 0 Å². The molecule has 0 radical (unpaired) electrons. The third-order valence-electron chi connectivity index (χ3n) is 1.58. The Morgan fingerprint density at radius 3 is 3.00 bits per heavy atom. The van der Waals surface area contributed by atoms with E-state index in [1.165, 1.54) is 0 Å². The summed E-state index contributed by atoms with van der Waals surface area (Å²) in [5, 5.41) is 0. The first-order valence-corrected chi connectivity index (χ1v) is 3.39. The molecule has 1 unspecified atom stereocenters. The van der Waals surface area contributed by atoms with Crippen LogP contribution in [0.2, 0.25) is 0 Å². The number of cyclic esters (lactones) is 1. The Labute approximate surface area is 59.9 Å². The first-order chi connectivity index (χ1) is 4.75. The molecule has 1 rings (SSSR count). The van der Waals surface area contributed by atoms with Gasteiger partial charge in [-0.3, -0.25) is 0 Å². The van der Waals surface area contributed by atoms with Crippen LogP contribution in [0.5, 0.6) is 0 Å². The molecule has 4 heteroatoms. The summed E-state index contributed by atoms with van der Waals surface area (Å²) in [7, 11) is 0. The van der Waals surface area contributed by atoms with Crippen LogP contribution < -0.4 is 5.73 Å². The molecule has 0 aliphatic carbocycles. The second-order valence-electron chi connectivity index (χ2n) is 2.41. The van der Waals surface area contributed by atoms with Gasteiger partial charge < -0.3 is 15.4 Å². The van der Waals surface area contributed by atoms with Gasteiger partial charge in [0.25, 0.3) is 0 Å². The van der Waals surface area contributed by atoms with Gasteiger partial charge in [-0.25, -0.2) is 4.79 Å². The van der Waals surface area contributed by atoms with E-state index in [0.29, 0.717) is 19.7 Å². The number of amides is 1. The fourth-order valence-electron chi connectivity index (χ4n) is 0.995. The predicted octanol–water partition coefficient (Wildman–Crippen LogP) is -0.214. The van der Waals surface area contributed by atoms with Gasteiger partial charge in [0, 0.05) is 13.1 Å². The molecule has 1 fully saturated rings. The van der Waals surface area contributed by atoms with Crippen LogP contribution in [-0.2, 0) is 4.74 Å². The SMILES string of the molecule is CC1COC(=O)N1CCN. The van der Waals surface area contributed by atoms with Crippen molar-refractivity contribution in [2.45, 2.75) is 13.0 Å². The van der Waals surface area contributed by atoms with Crippen molar-refractivity contribution in [1.29, 1.82) is 0 Å². The number of carbonyl (C=O) groups excluding carboxylic acids is 1. The topological polar surface area (TPSA) is 55.6 Å². The average molecular weight is 144 g/mol. The van der Waals surface area contributed by atoms with Crippen molar-refractivity contribution in [2.24, 2.45) is 5.73 Å². The first-order valence-electron chi connectivity index (χ1n) is 3.39. The Hall–Kier alpha value is -0.770. The smallest absolute Gasteiger partial charge is 0.410 e. The molecule has 58 valence electrons. The summed E-state index contributed by atoms with van der Waals surface area (Å²) >= 11 is 0. The van der Waals surface area contributed by atoms with Crippen LogP contribution in [-0.4, -0.2) is 36.7 Å². The second-order valence-corrected chi connectivity index (χ2v) is 2.41. The average Bonchev–Trinajstić information content (AvgIpc) is 2.20. The highest BCUT2D eigenvalue weighted by atomic mass is 16.6. The van der Waals surface area contributed by atoms with Crippen LogP contribution in [0.25, 0.3) is 0 Å². The standard InChI is InChI=1S/C6H12N2O2/c1-5-4-10-6(9)8(5)3-2-7/h5H,2-4,7H2,1H3. The molecule has 0 saturated carbocycles. The van der Waals surface area contributed by atoms with Crippen molar-refractivity contribution in [2.75, 3.05) is 19.7 Å². The Morgan fingerprint density at radius 2 is 2.60 bits per heavy atom. The molecule has 4 nitrogen and oxygen atoms in total. The van der Waals surface area contributed by atoms with Crippen LogP contribution in [0.4, 0.5) is 4.79 Å². The minimum Gasteiger partial charge on any atom is -0.447 e. The van der Waals surface area contributed by atoms with E-state index < -0.39 is 0 Å². The molecule has 0 aromatic carbocycles. The van der Waals surface area contributed by atoms with E-state index in [1.54, 1.807) is 4.90 Å². The lowest BCUT2D eigenvalue weighted by Gasteiger charge is -2.15. The summed E-state index contributed by atoms with van der Waals surface area (Å²) in [6.45, 7) is 3.54. The number of nitrogens with zero attached hydrogens (tertiary/aromatic N) is 1. The largest absolute Gasteiger partial charge is 0.447 e. The Morgan fingerprint density at radius 1 is 1.90 bits per heavy atom. The third kappa shape index (κ3) is 1.21.